The van der Waals surface area contributed by atoms with Gasteiger partial charge in [-0.05, 0) is 37.8 Å². The highest BCUT2D eigenvalue weighted by Gasteiger charge is 2.14. The van der Waals surface area contributed by atoms with E-state index < -0.39 is 10.1 Å². The summed E-state index contributed by atoms with van der Waals surface area (Å²) in [6, 6.07) is 4.98. The fourth-order valence-electron chi connectivity index (χ4n) is 2.45. The van der Waals surface area contributed by atoms with Crippen molar-refractivity contribution in [1.82, 2.24) is 0 Å². The van der Waals surface area contributed by atoms with E-state index in [1.165, 1.54) is 6.07 Å². The Morgan fingerprint density at radius 3 is 2.14 bits per heavy atom. The van der Waals surface area contributed by atoms with E-state index in [0.29, 0.717) is 18.4 Å². The van der Waals surface area contributed by atoms with Crippen LogP contribution in [0.2, 0.25) is 0 Å². The van der Waals surface area contributed by atoms with E-state index in [1.807, 2.05) is 13.0 Å². The third-order valence-corrected chi connectivity index (χ3v) is 4.53. The van der Waals surface area contributed by atoms with Crippen molar-refractivity contribution in [3.8, 4) is 0 Å². The molecule has 5 heteroatoms. The summed E-state index contributed by atoms with van der Waals surface area (Å²) in [6.45, 7) is 1.67. The van der Waals surface area contributed by atoms with Crippen LogP contribution in [0.5, 0.6) is 0 Å². The number of rotatable bonds is 10. The molecule has 0 spiro atoms. The van der Waals surface area contributed by atoms with Gasteiger partial charge in [0.1, 0.15) is 0 Å². The Labute approximate surface area is 127 Å². The number of hydrogen-bond acceptors (Lipinski definition) is 2. The Morgan fingerprint density at radius 2 is 1.57 bits per heavy atom. The van der Waals surface area contributed by atoms with Crippen LogP contribution in [0.25, 0.3) is 0 Å². The van der Waals surface area contributed by atoms with Crippen LogP contribution >= 0.6 is 0 Å². The Kier molecular flexibility index (Phi) is 7.89. The number of aryl methyl sites for hydroxylation is 2. The van der Waals surface area contributed by atoms with Gasteiger partial charge in [-0.15, -0.1) is 0 Å². The second-order valence-electron chi connectivity index (χ2n) is 5.50. The Balaban J connectivity index is 2.40. The molecule has 1 N–H and O–H groups in total. The minimum absolute atomic E-state index is 0.0241. The van der Waals surface area contributed by atoms with Crippen LogP contribution < -0.4 is 0 Å². The van der Waals surface area contributed by atoms with Crippen molar-refractivity contribution >= 4 is 10.1 Å². The zero-order chi connectivity index (χ0) is 15.7. The first-order valence-electron chi connectivity index (χ1n) is 7.58. The van der Waals surface area contributed by atoms with Crippen molar-refractivity contribution in [2.75, 3.05) is 6.67 Å². The van der Waals surface area contributed by atoms with Crippen molar-refractivity contribution in [2.24, 2.45) is 0 Å². The second-order valence-corrected chi connectivity index (χ2v) is 6.89. The first-order chi connectivity index (χ1) is 9.95. The van der Waals surface area contributed by atoms with Gasteiger partial charge in [-0.1, -0.05) is 49.8 Å². The van der Waals surface area contributed by atoms with E-state index in [4.69, 9.17) is 0 Å². The predicted molar refractivity (Wildman–Crippen MR) is 83.0 cm³/mol. The van der Waals surface area contributed by atoms with E-state index in [-0.39, 0.29) is 11.6 Å². The molecule has 0 aliphatic heterocycles. The quantitative estimate of drug-likeness (QED) is 0.511. The topological polar surface area (TPSA) is 54.4 Å². The Morgan fingerprint density at radius 1 is 1.00 bits per heavy atom. The largest absolute Gasteiger partial charge is 0.294 e. The molecule has 0 heterocycles. The normalized spacial score (nSPS) is 11.8. The first kappa shape index (κ1) is 18.1. The van der Waals surface area contributed by atoms with Gasteiger partial charge in [-0.3, -0.25) is 8.94 Å². The molecule has 0 bridgehead atoms. The summed E-state index contributed by atoms with van der Waals surface area (Å²) in [5.41, 5.74) is 1.68. The molecule has 0 unspecified atom stereocenters. The highest BCUT2D eigenvalue weighted by molar-refractivity contribution is 7.85. The standard InChI is InChI=1S/C16H25FO3S/c1-14-10-11-16(21(18,19)20)15(13-14)9-7-5-3-2-4-6-8-12-17/h10-11,13H,2-9,12H2,1H3,(H,18,19,20). The van der Waals surface area contributed by atoms with Crippen molar-refractivity contribution in [1.29, 1.82) is 0 Å². The molecular weight excluding hydrogens is 291 g/mol. The third kappa shape index (κ3) is 7.05. The smallest absolute Gasteiger partial charge is 0.282 e. The maximum Gasteiger partial charge on any atom is 0.294 e. The van der Waals surface area contributed by atoms with Crippen LogP contribution in [-0.4, -0.2) is 19.6 Å². The Hall–Kier alpha value is -0.940. The monoisotopic (exact) mass is 316 g/mol. The van der Waals surface area contributed by atoms with Crippen LogP contribution in [-0.2, 0) is 16.5 Å². The molecule has 0 aliphatic rings. The SMILES string of the molecule is Cc1ccc(S(=O)(=O)O)c(CCCCCCCCCF)c1. The summed E-state index contributed by atoms with van der Waals surface area (Å²) >= 11 is 0. The molecule has 1 aromatic carbocycles. The highest BCUT2D eigenvalue weighted by Crippen LogP contribution is 2.20. The van der Waals surface area contributed by atoms with Crippen LogP contribution in [0.15, 0.2) is 23.1 Å². The van der Waals surface area contributed by atoms with Gasteiger partial charge in [-0.25, -0.2) is 0 Å². The average Bonchev–Trinajstić information content (AvgIpc) is 2.40. The van der Waals surface area contributed by atoms with Crippen LogP contribution in [0.3, 0.4) is 0 Å². The number of benzene rings is 1. The first-order valence-corrected chi connectivity index (χ1v) is 9.02. The summed E-state index contributed by atoms with van der Waals surface area (Å²) in [5.74, 6) is 0. The molecule has 0 saturated heterocycles. The molecule has 1 aromatic rings. The molecule has 0 aromatic heterocycles. The molecule has 0 atom stereocenters. The van der Waals surface area contributed by atoms with Gasteiger partial charge in [0.2, 0.25) is 0 Å². The van der Waals surface area contributed by atoms with Gasteiger partial charge in [0.15, 0.2) is 0 Å². The molecule has 0 amide bonds. The second kappa shape index (κ2) is 9.15. The lowest BCUT2D eigenvalue weighted by Gasteiger charge is -2.08. The summed E-state index contributed by atoms with van der Waals surface area (Å²) < 4.78 is 43.8. The maximum atomic E-state index is 11.9. The third-order valence-electron chi connectivity index (χ3n) is 3.57. The van der Waals surface area contributed by atoms with Gasteiger partial charge in [0.05, 0.1) is 11.6 Å². The van der Waals surface area contributed by atoms with Crippen LogP contribution in [0, 0.1) is 6.92 Å². The van der Waals surface area contributed by atoms with Crippen molar-refractivity contribution < 1.29 is 17.4 Å². The molecule has 0 saturated carbocycles. The van der Waals surface area contributed by atoms with Crippen LogP contribution in [0.4, 0.5) is 4.39 Å². The molecule has 1 rings (SSSR count). The summed E-state index contributed by atoms with van der Waals surface area (Å²) in [5, 5.41) is 0. The Bertz CT molecular complexity index is 526. The molecule has 0 radical (unpaired) electrons. The molecule has 0 fully saturated rings. The van der Waals surface area contributed by atoms with Gasteiger partial charge >= 0.3 is 0 Å². The minimum Gasteiger partial charge on any atom is -0.282 e. The van der Waals surface area contributed by atoms with Gasteiger partial charge in [0, 0.05) is 0 Å². The molecule has 3 nitrogen and oxygen atoms in total. The number of hydrogen-bond donors (Lipinski definition) is 1. The average molecular weight is 316 g/mol. The van der Waals surface area contributed by atoms with E-state index in [2.05, 4.69) is 0 Å². The fraction of sp³-hybridized carbons (Fsp3) is 0.625. The van der Waals surface area contributed by atoms with E-state index in [1.54, 1.807) is 6.07 Å². The number of unbranched alkanes of at least 4 members (excludes halogenated alkanes) is 6. The lowest BCUT2D eigenvalue weighted by atomic mass is 10.0. The van der Waals surface area contributed by atoms with Gasteiger partial charge in [0.25, 0.3) is 10.1 Å². The van der Waals surface area contributed by atoms with Gasteiger partial charge in [-0.2, -0.15) is 8.42 Å². The molecule has 0 aliphatic carbocycles. The van der Waals surface area contributed by atoms with Gasteiger partial charge < -0.3 is 0 Å². The lowest BCUT2D eigenvalue weighted by Crippen LogP contribution is -2.03. The summed E-state index contributed by atoms with van der Waals surface area (Å²) in [4.78, 5) is 0.0241. The maximum absolute atomic E-state index is 11.9. The van der Waals surface area contributed by atoms with Crippen LogP contribution in [0.1, 0.15) is 56.1 Å². The van der Waals surface area contributed by atoms with Crippen molar-refractivity contribution in [3.63, 3.8) is 0 Å². The van der Waals surface area contributed by atoms with E-state index in [0.717, 1.165) is 44.1 Å². The van der Waals surface area contributed by atoms with E-state index >= 15 is 0 Å². The molecule has 21 heavy (non-hydrogen) atoms. The lowest BCUT2D eigenvalue weighted by molar-refractivity contribution is 0.449. The van der Waals surface area contributed by atoms with Crippen molar-refractivity contribution in [2.45, 2.75) is 63.2 Å². The number of alkyl halides is 1. The summed E-state index contributed by atoms with van der Waals surface area (Å²) in [6.07, 6.45) is 7.41. The number of halogens is 1. The predicted octanol–water partition coefficient (Wildman–Crippen LogP) is 4.48. The highest BCUT2D eigenvalue weighted by atomic mass is 32.2. The summed E-state index contributed by atoms with van der Waals surface area (Å²) in [7, 11) is -4.14. The fourth-order valence-corrected chi connectivity index (χ4v) is 3.18. The minimum atomic E-state index is -4.14. The van der Waals surface area contributed by atoms with E-state index in [9.17, 15) is 17.4 Å². The molecular formula is C16H25FO3S. The van der Waals surface area contributed by atoms with Crippen molar-refractivity contribution in [3.05, 3.63) is 29.3 Å². The zero-order valence-corrected chi connectivity index (χ0v) is 13.5. The molecule has 120 valence electrons. The zero-order valence-electron chi connectivity index (χ0n) is 12.6.